The number of phenolic OH excluding ortho intramolecular Hbond substituents is 1. The second kappa shape index (κ2) is 6.23. The van der Waals surface area contributed by atoms with Crippen LogP contribution in [0, 0.1) is 0 Å². The number of fused-ring (bicyclic) bond motifs is 1. The van der Waals surface area contributed by atoms with E-state index < -0.39 is 0 Å². The molecule has 0 aliphatic heterocycles. The van der Waals surface area contributed by atoms with Crippen molar-refractivity contribution in [3.05, 3.63) is 59.8 Å². The number of hydrogen-bond donors (Lipinski definition) is 3. The molecule has 1 heterocycles. The van der Waals surface area contributed by atoms with Crippen LogP contribution < -0.4 is 10.2 Å². The molecule has 0 aliphatic rings. The van der Waals surface area contributed by atoms with Crippen LogP contribution in [0.2, 0.25) is 0 Å². The molecular formula is C17H15N3O3. The number of hydrazone groups is 1. The Hall–Kier alpha value is -3.28. The van der Waals surface area contributed by atoms with E-state index in [-0.39, 0.29) is 11.7 Å². The van der Waals surface area contributed by atoms with Crippen LogP contribution >= 0.6 is 0 Å². The Kier molecular flexibility index (Phi) is 3.97. The van der Waals surface area contributed by atoms with Crippen LogP contribution in [0.5, 0.6) is 11.5 Å². The van der Waals surface area contributed by atoms with Crippen LogP contribution in [0.1, 0.15) is 16.1 Å². The van der Waals surface area contributed by atoms with Gasteiger partial charge in [-0.05, 0) is 30.3 Å². The molecule has 0 aliphatic carbocycles. The highest BCUT2D eigenvalue weighted by Gasteiger charge is 2.09. The van der Waals surface area contributed by atoms with Crippen LogP contribution in [-0.4, -0.2) is 29.3 Å². The number of aromatic hydroxyl groups is 1. The second-order valence-electron chi connectivity index (χ2n) is 4.89. The first-order valence-electron chi connectivity index (χ1n) is 6.95. The van der Waals surface area contributed by atoms with Gasteiger partial charge in [-0.25, -0.2) is 5.43 Å². The third-order valence-corrected chi connectivity index (χ3v) is 3.38. The molecule has 0 saturated carbocycles. The van der Waals surface area contributed by atoms with Gasteiger partial charge >= 0.3 is 0 Å². The molecular weight excluding hydrogens is 294 g/mol. The Bertz CT molecular complexity index is 884. The fraction of sp³-hybridized carbons (Fsp3) is 0.0588. The summed E-state index contributed by atoms with van der Waals surface area (Å²) in [7, 11) is 1.59. The lowest BCUT2D eigenvalue weighted by Crippen LogP contribution is -2.17. The van der Waals surface area contributed by atoms with Gasteiger partial charge in [-0.3, -0.25) is 4.79 Å². The molecule has 0 saturated heterocycles. The summed E-state index contributed by atoms with van der Waals surface area (Å²) in [6, 6.07) is 14.0. The van der Waals surface area contributed by atoms with Gasteiger partial charge in [-0.2, -0.15) is 5.10 Å². The maximum atomic E-state index is 12.1. The van der Waals surface area contributed by atoms with Gasteiger partial charge in [0.15, 0.2) is 0 Å². The number of hydrogen-bond acceptors (Lipinski definition) is 4. The van der Waals surface area contributed by atoms with Gasteiger partial charge in [0.2, 0.25) is 0 Å². The number of amides is 1. The summed E-state index contributed by atoms with van der Waals surface area (Å²) in [5.74, 6) is 0.443. The first-order valence-corrected chi connectivity index (χ1v) is 6.95. The second-order valence-corrected chi connectivity index (χ2v) is 4.89. The largest absolute Gasteiger partial charge is 0.507 e. The first kappa shape index (κ1) is 14.6. The SMILES string of the molecule is COc1ccc2cc(C(=O)NN=Cc3ccccc3O)[nH]c2c1. The highest BCUT2D eigenvalue weighted by Crippen LogP contribution is 2.21. The molecule has 0 radical (unpaired) electrons. The minimum Gasteiger partial charge on any atom is -0.507 e. The summed E-state index contributed by atoms with van der Waals surface area (Å²) in [4.78, 5) is 15.1. The van der Waals surface area contributed by atoms with E-state index in [1.165, 1.54) is 6.21 Å². The zero-order valence-electron chi connectivity index (χ0n) is 12.4. The van der Waals surface area contributed by atoms with E-state index in [2.05, 4.69) is 15.5 Å². The summed E-state index contributed by atoms with van der Waals surface area (Å²) in [5, 5.41) is 14.4. The van der Waals surface area contributed by atoms with E-state index in [9.17, 15) is 9.90 Å². The average Bonchev–Trinajstić information content (AvgIpc) is 2.99. The molecule has 6 heteroatoms. The highest BCUT2D eigenvalue weighted by molar-refractivity contribution is 5.98. The van der Waals surface area contributed by atoms with Gasteiger partial charge in [0.1, 0.15) is 17.2 Å². The molecule has 2 aromatic carbocycles. The predicted octanol–water partition coefficient (Wildman–Crippen LogP) is 2.65. The van der Waals surface area contributed by atoms with E-state index in [1.807, 2.05) is 18.2 Å². The number of carbonyl (C=O) groups excluding carboxylic acids is 1. The minimum absolute atomic E-state index is 0.100. The summed E-state index contributed by atoms with van der Waals surface area (Å²) >= 11 is 0. The number of nitrogens with zero attached hydrogens (tertiary/aromatic N) is 1. The Labute approximate surface area is 132 Å². The first-order chi connectivity index (χ1) is 11.2. The number of para-hydroxylation sites is 1. The van der Waals surface area contributed by atoms with Gasteiger partial charge < -0.3 is 14.8 Å². The summed E-state index contributed by atoms with van der Waals surface area (Å²) < 4.78 is 5.15. The molecule has 0 atom stereocenters. The van der Waals surface area contributed by atoms with Gasteiger partial charge in [-0.15, -0.1) is 0 Å². The summed E-state index contributed by atoms with van der Waals surface area (Å²) in [5.41, 5.74) is 4.14. The van der Waals surface area contributed by atoms with Crippen LogP contribution in [0.25, 0.3) is 10.9 Å². The number of benzene rings is 2. The van der Waals surface area contributed by atoms with Gasteiger partial charge in [0.05, 0.1) is 13.3 Å². The molecule has 3 rings (SSSR count). The van der Waals surface area contributed by atoms with Crippen LogP contribution in [-0.2, 0) is 0 Å². The van der Waals surface area contributed by atoms with Crippen molar-refractivity contribution in [2.45, 2.75) is 0 Å². The zero-order valence-corrected chi connectivity index (χ0v) is 12.4. The Balaban J connectivity index is 1.74. The lowest BCUT2D eigenvalue weighted by Gasteiger charge is -1.98. The van der Waals surface area contributed by atoms with Gasteiger partial charge in [-0.1, -0.05) is 12.1 Å². The molecule has 3 aromatic rings. The van der Waals surface area contributed by atoms with Crippen molar-refractivity contribution in [3.63, 3.8) is 0 Å². The Morgan fingerprint density at radius 1 is 1.26 bits per heavy atom. The van der Waals surface area contributed by atoms with E-state index >= 15 is 0 Å². The minimum atomic E-state index is -0.369. The molecule has 6 nitrogen and oxygen atoms in total. The number of carbonyl (C=O) groups is 1. The molecule has 0 fully saturated rings. The number of nitrogens with one attached hydrogen (secondary N) is 2. The smallest absolute Gasteiger partial charge is 0.287 e. The van der Waals surface area contributed by atoms with Crippen LogP contribution in [0.3, 0.4) is 0 Å². The zero-order chi connectivity index (χ0) is 16.2. The van der Waals surface area contributed by atoms with Crippen molar-refractivity contribution in [2.24, 2.45) is 5.10 Å². The van der Waals surface area contributed by atoms with Crippen molar-refractivity contribution >= 4 is 23.0 Å². The highest BCUT2D eigenvalue weighted by atomic mass is 16.5. The lowest BCUT2D eigenvalue weighted by molar-refractivity contribution is 0.0951. The van der Waals surface area contributed by atoms with Gasteiger partial charge in [0, 0.05) is 22.5 Å². The van der Waals surface area contributed by atoms with Gasteiger partial charge in [0.25, 0.3) is 5.91 Å². The van der Waals surface area contributed by atoms with E-state index in [4.69, 9.17) is 4.74 Å². The molecule has 23 heavy (non-hydrogen) atoms. The van der Waals surface area contributed by atoms with Crippen molar-refractivity contribution in [2.75, 3.05) is 7.11 Å². The number of rotatable bonds is 4. The Morgan fingerprint density at radius 2 is 2.09 bits per heavy atom. The third kappa shape index (κ3) is 3.16. The number of aromatic amines is 1. The van der Waals surface area contributed by atoms with E-state index in [1.54, 1.807) is 37.4 Å². The number of methoxy groups -OCH3 is 1. The van der Waals surface area contributed by atoms with Crippen molar-refractivity contribution in [3.8, 4) is 11.5 Å². The Morgan fingerprint density at radius 3 is 2.87 bits per heavy atom. The van der Waals surface area contributed by atoms with Crippen LogP contribution in [0.15, 0.2) is 53.6 Å². The third-order valence-electron chi connectivity index (χ3n) is 3.38. The maximum Gasteiger partial charge on any atom is 0.287 e. The molecule has 0 bridgehead atoms. The quantitative estimate of drug-likeness (QED) is 0.511. The summed E-state index contributed by atoms with van der Waals surface area (Å²) in [6.07, 6.45) is 1.39. The summed E-state index contributed by atoms with van der Waals surface area (Å²) in [6.45, 7) is 0. The standard InChI is InChI=1S/C17H15N3O3/c1-23-13-7-6-11-8-15(19-14(11)9-13)17(22)20-18-10-12-4-2-3-5-16(12)21/h2-10,19,21H,1H3,(H,20,22). The van der Waals surface area contributed by atoms with Crippen LogP contribution in [0.4, 0.5) is 0 Å². The maximum absolute atomic E-state index is 12.1. The topological polar surface area (TPSA) is 86.7 Å². The monoisotopic (exact) mass is 309 g/mol. The normalized spacial score (nSPS) is 11.0. The number of H-pyrrole nitrogens is 1. The fourth-order valence-corrected chi connectivity index (χ4v) is 2.17. The number of phenols is 1. The molecule has 0 unspecified atom stereocenters. The van der Waals surface area contributed by atoms with Crippen molar-refractivity contribution in [1.29, 1.82) is 0 Å². The fourth-order valence-electron chi connectivity index (χ4n) is 2.17. The average molecular weight is 309 g/mol. The molecule has 3 N–H and O–H groups in total. The molecule has 116 valence electrons. The number of aromatic nitrogens is 1. The van der Waals surface area contributed by atoms with E-state index in [0.717, 1.165) is 10.9 Å². The lowest BCUT2D eigenvalue weighted by atomic mass is 10.2. The molecule has 1 aromatic heterocycles. The molecule has 0 spiro atoms. The number of ether oxygens (including phenoxy) is 1. The predicted molar refractivity (Wildman–Crippen MR) is 88.0 cm³/mol. The van der Waals surface area contributed by atoms with E-state index in [0.29, 0.717) is 17.0 Å². The van der Waals surface area contributed by atoms with Crippen molar-refractivity contribution in [1.82, 2.24) is 10.4 Å². The molecule has 1 amide bonds. The van der Waals surface area contributed by atoms with Crippen molar-refractivity contribution < 1.29 is 14.6 Å².